The van der Waals surface area contributed by atoms with Gasteiger partial charge in [-0.05, 0) is 27.7 Å². The second kappa shape index (κ2) is 27.3. The van der Waals surface area contributed by atoms with Crippen LogP contribution in [-0.2, 0) is 90.8 Å². The van der Waals surface area contributed by atoms with E-state index in [9.17, 15) is 58.8 Å². The van der Waals surface area contributed by atoms with E-state index in [1.54, 1.807) is 0 Å². The first kappa shape index (κ1) is 42.4. The molecule has 0 aliphatic heterocycles. The zero-order valence-electron chi connectivity index (χ0n) is 16.7. The molecule has 0 aromatic carbocycles. The molecule has 0 aromatic rings. The van der Waals surface area contributed by atoms with Crippen molar-refractivity contribution in [2.45, 2.75) is 53.4 Å². The zero-order chi connectivity index (χ0) is 23.4. The maximum Gasteiger partial charge on any atom is 4.00 e. The Kier molecular flexibility index (Phi) is 38.7. The Hall–Kier alpha value is -1.67. The van der Waals surface area contributed by atoms with Crippen molar-refractivity contribution in [3.63, 3.8) is 0 Å². The smallest absolute Gasteiger partial charge is 0.550 e. The van der Waals surface area contributed by atoms with Crippen LogP contribution in [0.3, 0.4) is 0 Å². The molecule has 0 rings (SSSR count). The van der Waals surface area contributed by atoms with Crippen molar-refractivity contribution in [1.82, 2.24) is 0 Å². The molecule has 30 heavy (non-hydrogen) atoms. The number of carboxylic acid groups (broad SMARTS) is 4. The number of carbonyl (C=O) groups is 8. The maximum absolute atomic E-state index is 9.83. The van der Waals surface area contributed by atoms with Crippen LogP contribution in [0.5, 0.6) is 0 Å². The summed E-state index contributed by atoms with van der Waals surface area (Å²) < 4.78 is 0. The number of Topliss-reactive ketones (excluding diaryl/α,β-unsaturated/α-hetero) is 4. The molecule has 0 unspecified atom stereocenters. The number of carbonyl (C=O) groups excluding carboxylic acids is 8. The van der Waals surface area contributed by atoms with Gasteiger partial charge in [-0.15, -0.1) is 0 Å². The summed E-state index contributed by atoms with van der Waals surface area (Å²) in [5.74, 6) is -6.75. The Morgan fingerprint density at radius 2 is 0.500 bits per heavy atom. The predicted molar refractivity (Wildman–Crippen MR) is 81.2 cm³/mol. The van der Waals surface area contributed by atoms with E-state index >= 15 is 0 Å². The van der Waals surface area contributed by atoms with E-state index in [-0.39, 0.29) is 75.5 Å². The Balaban J connectivity index is -0.0000000626. The average molecular weight is 587 g/mol. The maximum atomic E-state index is 9.83. The third kappa shape index (κ3) is 82.3. The first-order valence-electron chi connectivity index (χ1n) is 7.28. The Morgan fingerprint density at radius 1 is 0.400 bits per heavy atom. The number of carboxylic acids is 4. The molecule has 0 amide bonds. The zero-order valence-corrected chi connectivity index (χ0v) is 21.6. The molecule has 0 saturated carbocycles. The number of ketones is 4. The van der Waals surface area contributed by atoms with Crippen LogP contribution in [0.4, 0.5) is 0 Å². The van der Waals surface area contributed by atoms with E-state index in [0.29, 0.717) is 0 Å². The number of hydrogen-bond donors (Lipinski definition) is 0. The fourth-order valence-corrected chi connectivity index (χ4v) is 0.813. The van der Waals surface area contributed by atoms with Crippen molar-refractivity contribution in [3.05, 3.63) is 0 Å². The van der Waals surface area contributed by atoms with E-state index in [1.165, 1.54) is 27.7 Å². The topological polar surface area (TPSA) is 229 Å². The van der Waals surface area contributed by atoms with Crippen molar-refractivity contribution < 1.29 is 111 Å². The molecule has 0 aromatic heterocycles. The normalized spacial score (nSPS) is 7.60. The molecule has 0 aliphatic carbocycles. The van der Waals surface area contributed by atoms with Gasteiger partial charge in [0.2, 0.25) is 0 Å². The summed E-state index contributed by atoms with van der Waals surface area (Å²) in [5.41, 5.74) is 0. The second-order valence-corrected chi connectivity index (χ2v) is 5.00. The molecule has 0 N–H and O–H groups in total. The Bertz CT molecular complexity index is 447. The molecule has 0 bridgehead atoms. The van der Waals surface area contributed by atoms with Gasteiger partial charge in [-0.2, -0.15) is 0 Å². The van der Waals surface area contributed by atoms with Gasteiger partial charge >= 0.3 is 52.4 Å². The van der Waals surface area contributed by atoms with Crippen LogP contribution in [0, 0.1) is 0 Å². The summed E-state index contributed by atoms with van der Waals surface area (Å²) in [4.78, 5) is 77.2. The molecule has 14 heteroatoms. The Labute approximate surface area is 210 Å². The van der Waals surface area contributed by atoms with E-state index in [2.05, 4.69) is 0 Å². The molecule has 0 spiro atoms. The molecule has 0 heterocycles. The van der Waals surface area contributed by atoms with Gasteiger partial charge in [-0.1, -0.05) is 0 Å². The average Bonchev–Trinajstić information content (AvgIpc) is 2.32. The van der Waals surface area contributed by atoms with Crippen LogP contribution in [0.2, 0.25) is 0 Å². The minimum atomic E-state index is -1.31. The molecule has 160 valence electrons. The van der Waals surface area contributed by atoms with Crippen LogP contribution in [0.25, 0.3) is 0 Å². The van der Waals surface area contributed by atoms with Gasteiger partial charge < -0.3 is 39.6 Å². The fraction of sp³-hybridized carbons (Fsp3) is 0.500. The first-order valence-corrected chi connectivity index (χ1v) is 7.28. The minimum Gasteiger partial charge on any atom is -0.550 e. The van der Waals surface area contributed by atoms with Crippen LogP contribution in [0.15, 0.2) is 0 Å². The molecule has 0 fully saturated rings. The van der Waals surface area contributed by atoms with Crippen molar-refractivity contribution in [2.24, 2.45) is 0 Å². The van der Waals surface area contributed by atoms with Crippen LogP contribution in [0.1, 0.15) is 53.4 Å². The Morgan fingerprint density at radius 3 is 0.500 bits per heavy atom. The monoisotopic (exact) mass is 584 g/mol. The van der Waals surface area contributed by atoms with Crippen molar-refractivity contribution in [2.75, 3.05) is 0 Å². The summed E-state index contributed by atoms with van der Waals surface area (Å²) in [6, 6.07) is 0. The van der Waals surface area contributed by atoms with Crippen molar-refractivity contribution in [1.29, 1.82) is 0 Å². The van der Waals surface area contributed by atoms with Gasteiger partial charge in [0.1, 0.15) is 23.1 Å². The molecular weight excluding hydrogens is 567 g/mol. The molecular formula is C16H20O12Zr2+4. The van der Waals surface area contributed by atoms with E-state index in [4.69, 9.17) is 0 Å². The number of hydrogen-bond acceptors (Lipinski definition) is 12. The molecule has 0 atom stereocenters. The van der Waals surface area contributed by atoms with Gasteiger partial charge in [-0.3, -0.25) is 19.2 Å². The summed E-state index contributed by atoms with van der Waals surface area (Å²) in [5, 5.41) is 37.9. The second-order valence-electron chi connectivity index (χ2n) is 5.00. The first-order chi connectivity index (χ1) is 12.5. The van der Waals surface area contributed by atoms with Crippen LogP contribution >= 0.6 is 0 Å². The van der Waals surface area contributed by atoms with Gasteiger partial charge in [0, 0.05) is 49.6 Å². The van der Waals surface area contributed by atoms with E-state index in [1.807, 2.05) is 0 Å². The van der Waals surface area contributed by atoms with Crippen LogP contribution in [-0.4, -0.2) is 47.0 Å². The quantitative estimate of drug-likeness (QED) is 0.243. The molecule has 0 aliphatic rings. The molecule has 0 saturated heterocycles. The van der Waals surface area contributed by atoms with Crippen LogP contribution < -0.4 is 20.4 Å². The van der Waals surface area contributed by atoms with Gasteiger partial charge in [0.15, 0.2) is 0 Å². The van der Waals surface area contributed by atoms with Gasteiger partial charge in [0.25, 0.3) is 0 Å². The third-order valence-electron chi connectivity index (χ3n) is 1.57. The van der Waals surface area contributed by atoms with E-state index < -0.39 is 49.6 Å². The largest absolute Gasteiger partial charge is 4.00 e. The molecule has 0 radical (unpaired) electrons. The summed E-state index contributed by atoms with van der Waals surface area (Å²) in [6.45, 7) is 4.82. The summed E-state index contributed by atoms with van der Waals surface area (Å²) in [6.07, 6.45) is -1.89. The number of aliphatic carboxylic acids is 4. The van der Waals surface area contributed by atoms with Gasteiger partial charge in [-0.25, -0.2) is 0 Å². The van der Waals surface area contributed by atoms with Crippen molar-refractivity contribution >= 4 is 47.0 Å². The van der Waals surface area contributed by atoms with Crippen molar-refractivity contribution in [3.8, 4) is 0 Å². The number of rotatable bonds is 8. The SMILES string of the molecule is CC(=O)CC(=O)[O-].CC(=O)CC(=O)[O-].CC(=O)CC(=O)[O-].CC(=O)CC(=O)[O-].[Zr+4].[Zr+4]. The molecule has 12 nitrogen and oxygen atoms in total. The van der Waals surface area contributed by atoms with Gasteiger partial charge in [0.05, 0.1) is 0 Å². The standard InChI is InChI=1S/4C4H6O3.2Zr/c4*1-3(5)2-4(6)7;;/h4*2H2,1H3,(H,6,7);;/q;;;;2*+4/p-4. The summed E-state index contributed by atoms with van der Waals surface area (Å²) in [7, 11) is 0. The third-order valence-corrected chi connectivity index (χ3v) is 1.57. The summed E-state index contributed by atoms with van der Waals surface area (Å²) >= 11 is 0. The fourth-order valence-electron chi connectivity index (χ4n) is 0.813. The van der Waals surface area contributed by atoms with E-state index in [0.717, 1.165) is 0 Å². The minimum absolute atomic E-state index is 0. The predicted octanol–water partition coefficient (Wildman–Crippen LogP) is -5.14.